The van der Waals surface area contributed by atoms with E-state index in [4.69, 9.17) is 4.42 Å². The van der Waals surface area contributed by atoms with Crippen molar-refractivity contribution in [1.82, 2.24) is 10.2 Å². The van der Waals surface area contributed by atoms with Crippen LogP contribution >= 0.6 is 15.9 Å². The molecule has 2 heterocycles. The van der Waals surface area contributed by atoms with Crippen molar-refractivity contribution in [3.8, 4) is 0 Å². The highest BCUT2D eigenvalue weighted by Crippen LogP contribution is 2.17. The number of hydrogen-bond donors (Lipinski definition) is 1. The van der Waals surface area contributed by atoms with Crippen LogP contribution in [0.2, 0.25) is 0 Å². The Labute approximate surface area is 103 Å². The van der Waals surface area contributed by atoms with Gasteiger partial charge in [0.25, 0.3) is 0 Å². The van der Waals surface area contributed by atoms with Crippen molar-refractivity contribution in [3.63, 3.8) is 0 Å². The zero-order valence-electron chi connectivity index (χ0n) is 9.20. The van der Waals surface area contributed by atoms with Gasteiger partial charge in [0.05, 0.1) is 12.6 Å². The molecule has 0 radical (unpaired) electrons. The summed E-state index contributed by atoms with van der Waals surface area (Å²) in [6.07, 6.45) is 0.984. The Kier molecular flexibility index (Phi) is 3.66. The maximum Gasteiger partial charge on any atom is 0.237 e. The Morgan fingerprint density at radius 1 is 1.62 bits per heavy atom. The van der Waals surface area contributed by atoms with Gasteiger partial charge in [0, 0.05) is 13.1 Å². The van der Waals surface area contributed by atoms with E-state index in [0.29, 0.717) is 6.54 Å². The average molecular weight is 287 g/mol. The summed E-state index contributed by atoms with van der Waals surface area (Å²) in [6.45, 7) is 4.29. The molecular formula is C11H15BrN2O2. The number of rotatable bonds is 2. The second-order valence-electron chi connectivity index (χ2n) is 4.00. The molecule has 0 aromatic carbocycles. The number of nitrogens with zero attached hydrogens (tertiary/aromatic N) is 1. The Balaban J connectivity index is 2.04. The largest absolute Gasteiger partial charge is 0.453 e. The van der Waals surface area contributed by atoms with Crippen LogP contribution in [-0.2, 0) is 11.3 Å². The van der Waals surface area contributed by atoms with Gasteiger partial charge in [-0.15, -0.1) is 0 Å². The van der Waals surface area contributed by atoms with Crippen molar-refractivity contribution in [1.29, 1.82) is 0 Å². The lowest BCUT2D eigenvalue weighted by Crippen LogP contribution is -2.41. The van der Waals surface area contributed by atoms with E-state index in [9.17, 15) is 4.79 Å². The van der Waals surface area contributed by atoms with Crippen LogP contribution in [0.1, 0.15) is 19.1 Å². The molecule has 1 aliphatic rings. The van der Waals surface area contributed by atoms with E-state index >= 15 is 0 Å². The van der Waals surface area contributed by atoms with Crippen LogP contribution in [0, 0.1) is 0 Å². The molecule has 1 atom stereocenters. The lowest BCUT2D eigenvalue weighted by Gasteiger charge is -2.23. The molecule has 0 saturated carbocycles. The predicted molar refractivity (Wildman–Crippen MR) is 63.9 cm³/mol. The highest BCUT2D eigenvalue weighted by Gasteiger charge is 2.24. The van der Waals surface area contributed by atoms with Crippen LogP contribution < -0.4 is 5.32 Å². The minimum atomic E-state index is -0.0913. The average Bonchev–Trinajstić information content (AvgIpc) is 2.60. The molecule has 2 rings (SSSR count). The molecule has 1 saturated heterocycles. The molecule has 1 unspecified atom stereocenters. The summed E-state index contributed by atoms with van der Waals surface area (Å²) in [7, 11) is 0. The molecule has 1 amide bonds. The van der Waals surface area contributed by atoms with Gasteiger partial charge in [-0.05, 0) is 41.4 Å². The van der Waals surface area contributed by atoms with Crippen LogP contribution in [0.3, 0.4) is 0 Å². The van der Waals surface area contributed by atoms with Crippen molar-refractivity contribution in [2.45, 2.75) is 25.9 Å². The van der Waals surface area contributed by atoms with E-state index in [1.165, 1.54) is 0 Å². The van der Waals surface area contributed by atoms with Gasteiger partial charge in [-0.25, -0.2) is 0 Å². The SMILES string of the molecule is CC1C(=O)NCCCN1Cc1ccc(Br)o1. The minimum Gasteiger partial charge on any atom is -0.453 e. The number of furan rings is 1. The maximum atomic E-state index is 11.6. The third-order valence-electron chi connectivity index (χ3n) is 2.84. The maximum absolute atomic E-state index is 11.6. The van der Waals surface area contributed by atoms with E-state index in [1.54, 1.807) is 0 Å². The van der Waals surface area contributed by atoms with Crippen molar-refractivity contribution < 1.29 is 9.21 Å². The van der Waals surface area contributed by atoms with E-state index in [2.05, 4.69) is 26.1 Å². The van der Waals surface area contributed by atoms with Crippen LogP contribution in [0.15, 0.2) is 21.2 Å². The Bertz CT molecular complexity index is 378. The molecule has 0 bridgehead atoms. The smallest absolute Gasteiger partial charge is 0.237 e. The molecule has 16 heavy (non-hydrogen) atoms. The second-order valence-corrected chi connectivity index (χ2v) is 4.78. The standard InChI is InChI=1S/C11H15BrN2O2/c1-8-11(15)13-5-2-6-14(8)7-9-3-4-10(12)16-9/h3-4,8H,2,5-7H2,1H3,(H,13,15). The molecule has 1 fully saturated rings. The fraction of sp³-hybridized carbons (Fsp3) is 0.545. The number of halogens is 1. The summed E-state index contributed by atoms with van der Waals surface area (Å²) >= 11 is 3.27. The van der Waals surface area contributed by atoms with Gasteiger partial charge in [-0.1, -0.05) is 0 Å². The minimum absolute atomic E-state index is 0.0913. The van der Waals surface area contributed by atoms with Gasteiger partial charge < -0.3 is 9.73 Å². The molecule has 5 heteroatoms. The van der Waals surface area contributed by atoms with Gasteiger partial charge in [0.2, 0.25) is 5.91 Å². The summed E-state index contributed by atoms with van der Waals surface area (Å²) in [5, 5.41) is 2.89. The van der Waals surface area contributed by atoms with Crippen LogP contribution in [0.25, 0.3) is 0 Å². The van der Waals surface area contributed by atoms with Crippen LogP contribution in [0.5, 0.6) is 0 Å². The van der Waals surface area contributed by atoms with Crippen molar-refractivity contribution in [2.75, 3.05) is 13.1 Å². The Hall–Kier alpha value is -0.810. The highest BCUT2D eigenvalue weighted by atomic mass is 79.9. The quantitative estimate of drug-likeness (QED) is 0.901. The van der Waals surface area contributed by atoms with Crippen molar-refractivity contribution in [3.05, 3.63) is 22.6 Å². The Morgan fingerprint density at radius 2 is 2.44 bits per heavy atom. The molecule has 1 aromatic heterocycles. The number of amides is 1. The van der Waals surface area contributed by atoms with E-state index in [-0.39, 0.29) is 11.9 Å². The summed E-state index contributed by atoms with van der Waals surface area (Å²) in [5.74, 6) is 0.983. The normalized spacial score (nSPS) is 22.9. The topological polar surface area (TPSA) is 45.5 Å². The monoisotopic (exact) mass is 286 g/mol. The first-order valence-electron chi connectivity index (χ1n) is 5.43. The first kappa shape index (κ1) is 11.7. The van der Waals surface area contributed by atoms with E-state index < -0.39 is 0 Å². The summed E-state index contributed by atoms with van der Waals surface area (Å²) in [6, 6.07) is 3.71. The third kappa shape index (κ3) is 2.65. The van der Waals surface area contributed by atoms with E-state index in [1.807, 2.05) is 19.1 Å². The number of nitrogens with one attached hydrogen (secondary N) is 1. The molecule has 88 valence electrons. The molecular weight excluding hydrogens is 272 g/mol. The number of carbonyl (C=O) groups is 1. The first-order chi connectivity index (χ1) is 7.66. The predicted octanol–water partition coefficient (Wildman–Crippen LogP) is 1.75. The zero-order valence-corrected chi connectivity index (χ0v) is 10.8. The lowest BCUT2D eigenvalue weighted by atomic mass is 10.2. The number of hydrogen-bond acceptors (Lipinski definition) is 3. The third-order valence-corrected chi connectivity index (χ3v) is 3.26. The van der Waals surface area contributed by atoms with Crippen molar-refractivity contribution >= 4 is 21.8 Å². The summed E-state index contributed by atoms with van der Waals surface area (Å²) in [5.41, 5.74) is 0. The Morgan fingerprint density at radius 3 is 3.12 bits per heavy atom. The molecule has 1 aromatic rings. The summed E-state index contributed by atoms with van der Waals surface area (Å²) in [4.78, 5) is 13.8. The zero-order chi connectivity index (χ0) is 11.5. The van der Waals surface area contributed by atoms with Crippen LogP contribution in [0.4, 0.5) is 0 Å². The first-order valence-corrected chi connectivity index (χ1v) is 6.22. The molecule has 0 spiro atoms. The van der Waals surface area contributed by atoms with Gasteiger partial charge in [0.15, 0.2) is 4.67 Å². The second kappa shape index (κ2) is 5.01. The fourth-order valence-electron chi connectivity index (χ4n) is 1.85. The molecule has 4 nitrogen and oxygen atoms in total. The van der Waals surface area contributed by atoms with E-state index in [0.717, 1.165) is 29.9 Å². The fourth-order valence-corrected chi connectivity index (χ4v) is 2.19. The summed E-state index contributed by atoms with van der Waals surface area (Å²) < 4.78 is 6.18. The number of carbonyl (C=O) groups excluding carboxylic acids is 1. The van der Waals surface area contributed by atoms with Gasteiger partial charge in [-0.2, -0.15) is 0 Å². The molecule has 0 aliphatic carbocycles. The van der Waals surface area contributed by atoms with Crippen LogP contribution in [-0.4, -0.2) is 29.9 Å². The van der Waals surface area contributed by atoms with Crippen molar-refractivity contribution in [2.24, 2.45) is 0 Å². The van der Waals surface area contributed by atoms with Gasteiger partial charge >= 0.3 is 0 Å². The lowest BCUT2D eigenvalue weighted by molar-refractivity contribution is -0.125. The molecule has 1 aliphatic heterocycles. The van der Waals surface area contributed by atoms with Gasteiger partial charge in [0.1, 0.15) is 5.76 Å². The highest BCUT2D eigenvalue weighted by molar-refractivity contribution is 9.10. The molecule has 1 N–H and O–H groups in total. The van der Waals surface area contributed by atoms with Gasteiger partial charge in [-0.3, -0.25) is 9.69 Å².